The maximum atomic E-state index is 11.6. The first-order valence-corrected chi connectivity index (χ1v) is 6.86. The van der Waals surface area contributed by atoms with Gasteiger partial charge in [0.1, 0.15) is 4.88 Å². The third kappa shape index (κ3) is 3.71. The van der Waals surface area contributed by atoms with E-state index in [2.05, 4.69) is 16.6 Å². The lowest BCUT2D eigenvalue weighted by Crippen LogP contribution is -2.24. The fraction of sp³-hybridized carbons (Fsp3) is 0.556. The first kappa shape index (κ1) is 12.3. The van der Waals surface area contributed by atoms with Crippen LogP contribution in [-0.2, 0) is 0 Å². The normalized spacial score (nSPS) is 10.3. The average Bonchev–Trinajstić information content (AvgIpc) is 2.52. The summed E-state index contributed by atoms with van der Waals surface area (Å²) in [5.41, 5.74) is 6.23. The summed E-state index contributed by atoms with van der Waals surface area (Å²) >= 11 is 3.01. The lowest BCUT2D eigenvalue weighted by Gasteiger charge is -2.02. The average molecular weight is 245 g/mol. The minimum absolute atomic E-state index is 0.0668. The lowest BCUT2D eigenvalue weighted by atomic mass is 10.3. The van der Waals surface area contributed by atoms with Crippen molar-refractivity contribution in [3.05, 3.63) is 10.6 Å². The number of aromatic nitrogens is 1. The van der Waals surface area contributed by atoms with Crippen molar-refractivity contribution in [2.24, 2.45) is 0 Å². The van der Waals surface area contributed by atoms with Gasteiger partial charge < -0.3 is 11.1 Å². The predicted octanol–water partition coefficient (Wildman–Crippen LogP) is 1.52. The molecule has 0 aliphatic rings. The van der Waals surface area contributed by atoms with Gasteiger partial charge in [-0.3, -0.25) is 4.79 Å². The second-order valence-corrected chi connectivity index (χ2v) is 5.09. The number of nitrogens with two attached hydrogens (primary N) is 1. The van der Waals surface area contributed by atoms with E-state index in [1.165, 1.54) is 11.3 Å². The van der Waals surface area contributed by atoms with Crippen LogP contribution in [0.4, 0.5) is 5.13 Å². The van der Waals surface area contributed by atoms with E-state index in [9.17, 15) is 4.79 Å². The molecule has 0 fully saturated rings. The Kier molecular flexibility index (Phi) is 4.90. The molecule has 0 aromatic carbocycles. The van der Waals surface area contributed by atoms with Gasteiger partial charge in [0, 0.05) is 6.54 Å². The Balaban J connectivity index is 2.43. The van der Waals surface area contributed by atoms with Crippen LogP contribution >= 0.6 is 23.1 Å². The molecule has 0 aliphatic heterocycles. The number of amides is 1. The molecule has 0 bridgehead atoms. The fourth-order valence-electron chi connectivity index (χ4n) is 1.13. The molecule has 4 nitrogen and oxygen atoms in total. The van der Waals surface area contributed by atoms with E-state index in [0.29, 0.717) is 22.2 Å². The van der Waals surface area contributed by atoms with E-state index in [1.54, 1.807) is 18.7 Å². The molecule has 0 radical (unpaired) electrons. The highest BCUT2D eigenvalue weighted by molar-refractivity contribution is 7.98. The number of aryl methyl sites for hydroxylation is 1. The van der Waals surface area contributed by atoms with Crippen molar-refractivity contribution in [1.29, 1.82) is 0 Å². The second kappa shape index (κ2) is 5.97. The molecule has 1 rings (SSSR count). The molecule has 0 saturated heterocycles. The van der Waals surface area contributed by atoms with Crippen LogP contribution in [0.3, 0.4) is 0 Å². The molecule has 3 N–H and O–H groups in total. The number of carbonyl (C=O) groups is 1. The first-order valence-electron chi connectivity index (χ1n) is 4.65. The van der Waals surface area contributed by atoms with Crippen molar-refractivity contribution < 1.29 is 4.79 Å². The van der Waals surface area contributed by atoms with E-state index >= 15 is 0 Å². The number of thioether (sulfide) groups is 1. The monoisotopic (exact) mass is 245 g/mol. The highest BCUT2D eigenvalue weighted by Gasteiger charge is 2.12. The summed E-state index contributed by atoms with van der Waals surface area (Å²) < 4.78 is 0. The van der Waals surface area contributed by atoms with Gasteiger partial charge in [-0.1, -0.05) is 11.3 Å². The topological polar surface area (TPSA) is 68.0 Å². The SMILES string of the molecule is CSCCCNC(=O)c1sc(N)nc1C. The second-order valence-electron chi connectivity index (χ2n) is 3.07. The van der Waals surface area contributed by atoms with Gasteiger partial charge in [-0.2, -0.15) is 11.8 Å². The van der Waals surface area contributed by atoms with Gasteiger partial charge in [0.05, 0.1) is 5.69 Å². The molecular formula is C9H15N3OS2. The summed E-state index contributed by atoms with van der Waals surface area (Å²) in [6, 6.07) is 0. The molecule has 0 saturated carbocycles. The molecule has 0 unspecified atom stereocenters. The van der Waals surface area contributed by atoms with Gasteiger partial charge in [0.15, 0.2) is 5.13 Å². The van der Waals surface area contributed by atoms with Crippen LogP contribution in [0.15, 0.2) is 0 Å². The largest absolute Gasteiger partial charge is 0.375 e. The number of anilines is 1. The van der Waals surface area contributed by atoms with Crippen molar-refractivity contribution in [3.8, 4) is 0 Å². The molecule has 15 heavy (non-hydrogen) atoms. The maximum Gasteiger partial charge on any atom is 0.263 e. The van der Waals surface area contributed by atoms with Crippen molar-refractivity contribution in [2.45, 2.75) is 13.3 Å². The van der Waals surface area contributed by atoms with Crippen molar-refractivity contribution >= 4 is 34.1 Å². The Morgan fingerprint density at radius 3 is 2.93 bits per heavy atom. The third-order valence-electron chi connectivity index (χ3n) is 1.83. The molecular weight excluding hydrogens is 230 g/mol. The zero-order valence-electron chi connectivity index (χ0n) is 8.87. The first-order chi connectivity index (χ1) is 7.15. The predicted molar refractivity (Wildman–Crippen MR) is 66.6 cm³/mol. The van der Waals surface area contributed by atoms with E-state index in [1.807, 2.05) is 0 Å². The van der Waals surface area contributed by atoms with E-state index in [0.717, 1.165) is 12.2 Å². The van der Waals surface area contributed by atoms with Crippen molar-refractivity contribution in [2.75, 3.05) is 24.3 Å². The number of nitrogens with zero attached hydrogens (tertiary/aromatic N) is 1. The molecule has 1 amide bonds. The Labute approximate surface area is 97.7 Å². The van der Waals surface area contributed by atoms with Gasteiger partial charge >= 0.3 is 0 Å². The molecule has 6 heteroatoms. The Morgan fingerprint density at radius 1 is 1.67 bits per heavy atom. The molecule has 1 aromatic heterocycles. The number of nitrogens with one attached hydrogen (secondary N) is 1. The minimum atomic E-state index is -0.0668. The summed E-state index contributed by atoms with van der Waals surface area (Å²) in [6.07, 6.45) is 3.04. The summed E-state index contributed by atoms with van der Waals surface area (Å²) in [7, 11) is 0. The van der Waals surface area contributed by atoms with Gasteiger partial charge in [-0.15, -0.1) is 0 Å². The summed E-state index contributed by atoms with van der Waals surface area (Å²) in [4.78, 5) is 16.3. The number of hydrogen-bond acceptors (Lipinski definition) is 5. The van der Waals surface area contributed by atoms with Crippen LogP contribution in [0.25, 0.3) is 0 Å². The van der Waals surface area contributed by atoms with Crippen LogP contribution in [0.2, 0.25) is 0 Å². The van der Waals surface area contributed by atoms with Gasteiger partial charge in [-0.25, -0.2) is 4.98 Å². The zero-order valence-corrected chi connectivity index (χ0v) is 10.5. The quantitative estimate of drug-likeness (QED) is 0.772. The Morgan fingerprint density at radius 2 is 2.40 bits per heavy atom. The fourth-order valence-corrected chi connectivity index (χ4v) is 2.31. The molecule has 0 spiro atoms. The van der Waals surface area contributed by atoms with Gasteiger partial charge in [0.2, 0.25) is 0 Å². The molecule has 1 aromatic rings. The molecule has 1 heterocycles. The number of rotatable bonds is 5. The zero-order chi connectivity index (χ0) is 11.3. The Bertz CT molecular complexity index is 338. The van der Waals surface area contributed by atoms with Crippen LogP contribution in [0.5, 0.6) is 0 Å². The van der Waals surface area contributed by atoms with Gasteiger partial charge in [-0.05, 0) is 25.4 Å². The maximum absolute atomic E-state index is 11.6. The standard InChI is InChI=1S/C9H15N3OS2/c1-6-7(15-9(10)12-6)8(13)11-4-3-5-14-2/h3-5H2,1-2H3,(H2,10,12)(H,11,13). The van der Waals surface area contributed by atoms with Crippen LogP contribution in [-0.4, -0.2) is 29.4 Å². The minimum Gasteiger partial charge on any atom is -0.375 e. The number of nitrogen functional groups attached to an aromatic ring is 1. The summed E-state index contributed by atoms with van der Waals surface area (Å²) in [5.74, 6) is 0.993. The molecule has 0 atom stereocenters. The summed E-state index contributed by atoms with van der Waals surface area (Å²) in [6.45, 7) is 2.50. The summed E-state index contributed by atoms with van der Waals surface area (Å²) in [5, 5.41) is 3.30. The van der Waals surface area contributed by atoms with Crippen LogP contribution in [0.1, 0.15) is 21.8 Å². The highest BCUT2D eigenvalue weighted by atomic mass is 32.2. The smallest absolute Gasteiger partial charge is 0.263 e. The lowest BCUT2D eigenvalue weighted by molar-refractivity contribution is 0.0957. The third-order valence-corrected chi connectivity index (χ3v) is 3.51. The van der Waals surface area contributed by atoms with Gasteiger partial charge in [0.25, 0.3) is 5.91 Å². The van der Waals surface area contributed by atoms with Crippen molar-refractivity contribution in [3.63, 3.8) is 0 Å². The molecule has 0 aliphatic carbocycles. The molecule has 84 valence electrons. The Hall–Kier alpha value is -0.750. The van der Waals surface area contributed by atoms with E-state index in [-0.39, 0.29) is 5.91 Å². The highest BCUT2D eigenvalue weighted by Crippen LogP contribution is 2.19. The van der Waals surface area contributed by atoms with Crippen molar-refractivity contribution in [1.82, 2.24) is 10.3 Å². The number of carbonyl (C=O) groups excluding carboxylic acids is 1. The van der Waals surface area contributed by atoms with E-state index in [4.69, 9.17) is 5.73 Å². The van der Waals surface area contributed by atoms with Crippen LogP contribution < -0.4 is 11.1 Å². The number of hydrogen-bond donors (Lipinski definition) is 2. The number of thiazole rings is 1. The van der Waals surface area contributed by atoms with E-state index < -0.39 is 0 Å². The van der Waals surface area contributed by atoms with Crippen LogP contribution in [0, 0.1) is 6.92 Å².